The van der Waals surface area contributed by atoms with Crippen LogP contribution >= 0.6 is 0 Å². The van der Waals surface area contributed by atoms with E-state index in [0.29, 0.717) is 10.8 Å². The molecule has 1 saturated carbocycles. The van der Waals surface area contributed by atoms with E-state index in [9.17, 15) is 0 Å². The van der Waals surface area contributed by atoms with Gasteiger partial charge in [0.2, 0.25) is 0 Å². The molecule has 0 bridgehead atoms. The number of hydrogen-bond donors (Lipinski definition) is 0. The van der Waals surface area contributed by atoms with E-state index in [1.54, 1.807) is 5.57 Å². The van der Waals surface area contributed by atoms with E-state index >= 15 is 0 Å². The molecule has 154 valence electrons. The van der Waals surface area contributed by atoms with Gasteiger partial charge in [-0.05, 0) is 54.8 Å². The molecule has 0 aromatic heterocycles. The van der Waals surface area contributed by atoms with Gasteiger partial charge < -0.3 is 31.2 Å². The Labute approximate surface area is 199 Å². The van der Waals surface area contributed by atoms with Crippen molar-refractivity contribution in [1.82, 2.24) is 0 Å². The van der Waals surface area contributed by atoms with Crippen LogP contribution in [0.15, 0.2) is 36.0 Å². The third-order valence-electron chi connectivity index (χ3n) is 7.95. The zero-order valence-corrected chi connectivity index (χ0v) is 22.7. The summed E-state index contributed by atoms with van der Waals surface area (Å²) in [4.78, 5) is 0. The van der Waals surface area contributed by atoms with Gasteiger partial charge in [0.05, 0.1) is 0 Å². The summed E-state index contributed by atoms with van der Waals surface area (Å²) in [6, 6.07) is 0. The topological polar surface area (TPSA) is 0 Å². The zero-order valence-electron chi connectivity index (χ0n) is 17.6. The normalized spacial score (nSPS) is 31.2. The molecular formula is C24H37Cl2Hf-3. The van der Waals surface area contributed by atoms with Gasteiger partial charge in [0.25, 0.3) is 0 Å². The summed E-state index contributed by atoms with van der Waals surface area (Å²) in [5.74, 6) is 2.38. The Bertz CT molecular complexity index is 532. The molecule has 0 aliphatic heterocycles. The predicted octanol–water partition coefficient (Wildman–Crippen LogP) is 1.30. The van der Waals surface area contributed by atoms with Gasteiger partial charge in [0.15, 0.2) is 0 Å². The van der Waals surface area contributed by atoms with Gasteiger partial charge in [0.1, 0.15) is 0 Å². The molecule has 0 saturated heterocycles. The van der Waals surface area contributed by atoms with Gasteiger partial charge in [-0.25, -0.2) is 0 Å². The van der Waals surface area contributed by atoms with Crippen molar-refractivity contribution in [1.29, 1.82) is 0 Å². The molecule has 0 spiro atoms. The largest absolute Gasteiger partial charge is 1.00 e. The van der Waals surface area contributed by atoms with Crippen molar-refractivity contribution in [3.63, 3.8) is 0 Å². The van der Waals surface area contributed by atoms with Crippen LogP contribution in [0.3, 0.4) is 0 Å². The zero-order chi connectivity index (χ0) is 17.2. The van der Waals surface area contributed by atoms with E-state index in [1.165, 1.54) is 51.4 Å². The van der Waals surface area contributed by atoms with Gasteiger partial charge in [-0.3, -0.25) is 0 Å². The third kappa shape index (κ3) is 5.24. The SMILES string of the molecule is CCC1(CC)C=CC2CC[CH-]C2C1(C)CCCC(C)C1=CC=CC1.[Cl-].[Cl-].[Hf]. The van der Waals surface area contributed by atoms with E-state index in [4.69, 9.17) is 0 Å². The van der Waals surface area contributed by atoms with Crippen molar-refractivity contribution in [2.24, 2.45) is 28.6 Å². The summed E-state index contributed by atoms with van der Waals surface area (Å²) in [6.45, 7) is 9.89. The van der Waals surface area contributed by atoms with Crippen LogP contribution in [0.5, 0.6) is 0 Å². The second-order valence-electron chi connectivity index (χ2n) is 8.81. The second-order valence-corrected chi connectivity index (χ2v) is 8.81. The summed E-state index contributed by atoms with van der Waals surface area (Å²) in [7, 11) is 0. The minimum Gasteiger partial charge on any atom is -1.00 e. The number of rotatable bonds is 7. The van der Waals surface area contributed by atoms with E-state index < -0.39 is 0 Å². The van der Waals surface area contributed by atoms with E-state index in [1.807, 2.05) is 0 Å². The molecule has 0 N–H and O–H groups in total. The molecule has 0 aromatic carbocycles. The van der Waals surface area contributed by atoms with E-state index in [-0.39, 0.29) is 50.7 Å². The van der Waals surface area contributed by atoms with Crippen molar-refractivity contribution >= 4 is 0 Å². The number of halogens is 2. The molecule has 0 nitrogen and oxygen atoms in total. The van der Waals surface area contributed by atoms with Crippen molar-refractivity contribution < 1.29 is 50.7 Å². The van der Waals surface area contributed by atoms with Crippen LogP contribution in [0, 0.1) is 35.0 Å². The van der Waals surface area contributed by atoms with Crippen molar-refractivity contribution in [2.45, 2.75) is 79.1 Å². The molecule has 0 radical (unpaired) electrons. The quantitative estimate of drug-likeness (QED) is 0.244. The standard InChI is InChI=1S/C24H37.2ClH.Hf/c1-5-24(6-2)18-16-21-14-9-15-22(21)23(24,4)17-10-11-19(3)20-12-7-8-13-20;;;/h7-8,12,15-16,18-19,21-22H,5-6,9-11,13-14,17H2,1-4H3;2*1H;/q-1;;;/p-2. The minimum atomic E-state index is 0. The molecule has 0 heterocycles. The molecule has 0 aromatic rings. The summed E-state index contributed by atoms with van der Waals surface area (Å²) in [5, 5.41) is 0. The van der Waals surface area contributed by atoms with E-state index in [2.05, 4.69) is 64.5 Å². The average Bonchev–Trinajstić information content (AvgIpc) is 3.27. The fourth-order valence-electron chi connectivity index (χ4n) is 6.10. The molecular weight excluding hydrogens is 538 g/mol. The summed E-state index contributed by atoms with van der Waals surface area (Å²) >= 11 is 0. The number of allylic oxidation sites excluding steroid dienone is 6. The third-order valence-corrected chi connectivity index (χ3v) is 7.95. The van der Waals surface area contributed by atoms with Gasteiger partial charge in [-0.15, -0.1) is 0 Å². The molecule has 4 unspecified atom stereocenters. The first-order chi connectivity index (χ1) is 11.6. The van der Waals surface area contributed by atoms with E-state index in [0.717, 1.165) is 17.8 Å². The Balaban J connectivity index is 0.00000225. The molecule has 3 rings (SSSR count). The molecule has 27 heavy (non-hydrogen) atoms. The Morgan fingerprint density at radius 1 is 1.22 bits per heavy atom. The summed E-state index contributed by atoms with van der Waals surface area (Å²) in [5.41, 5.74) is 2.51. The van der Waals surface area contributed by atoms with Gasteiger partial charge in [0, 0.05) is 25.8 Å². The van der Waals surface area contributed by atoms with Gasteiger partial charge in [-0.2, -0.15) is 12.3 Å². The van der Waals surface area contributed by atoms with Crippen LogP contribution in [0.25, 0.3) is 0 Å². The van der Waals surface area contributed by atoms with Gasteiger partial charge >= 0.3 is 0 Å². The van der Waals surface area contributed by atoms with Crippen LogP contribution in [-0.4, -0.2) is 0 Å². The van der Waals surface area contributed by atoms with Gasteiger partial charge in [-0.1, -0.05) is 76.5 Å². The van der Waals surface area contributed by atoms with Crippen LogP contribution in [0.2, 0.25) is 0 Å². The molecule has 4 atom stereocenters. The maximum Gasteiger partial charge on any atom is 0 e. The van der Waals surface area contributed by atoms with Crippen LogP contribution in [0.1, 0.15) is 79.1 Å². The van der Waals surface area contributed by atoms with Crippen LogP contribution in [-0.2, 0) is 25.8 Å². The molecule has 3 aliphatic rings. The van der Waals surface area contributed by atoms with Crippen molar-refractivity contribution in [2.75, 3.05) is 0 Å². The first-order valence-corrected chi connectivity index (χ1v) is 10.4. The summed E-state index contributed by atoms with van der Waals surface area (Å²) < 4.78 is 0. The Hall–Kier alpha value is 0.670. The molecule has 3 heteroatoms. The minimum absolute atomic E-state index is 0. The maximum atomic E-state index is 2.68. The Kier molecular flexibility index (Phi) is 12.0. The maximum absolute atomic E-state index is 2.68. The predicted molar refractivity (Wildman–Crippen MR) is 106 cm³/mol. The molecule has 1 fully saturated rings. The number of fused-ring (bicyclic) bond motifs is 1. The van der Waals surface area contributed by atoms with Crippen molar-refractivity contribution in [3.05, 3.63) is 42.4 Å². The van der Waals surface area contributed by atoms with Crippen LogP contribution < -0.4 is 24.8 Å². The monoisotopic (exact) mass is 575 g/mol. The second kappa shape index (κ2) is 11.8. The first-order valence-electron chi connectivity index (χ1n) is 10.4. The Morgan fingerprint density at radius 3 is 2.52 bits per heavy atom. The number of hydrogen-bond acceptors (Lipinski definition) is 0. The summed E-state index contributed by atoms with van der Waals surface area (Å²) in [6.07, 6.45) is 25.4. The van der Waals surface area contributed by atoms with Crippen LogP contribution in [0.4, 0.5) is 0 Å². The average molecular weight is 575 g/mol. The molecule has 0 amide bonds. The molecule has 3 aliphatic carbocycles. The fraction of sp³-hybridized carbons (Fsp3) is 0.708. The fourth-order valence-corrected chi connectivity index (χ4v) is 6.10. The van der Waals surface area contributed by atoms with Crippen molar-refractivity contribution in [3.8, 4) is 0 Å². The Morgan fingerprint density at radius 2 is 1.93 bits per heavy atom. The smallest absolute Gasteiger partial charge is 0 e. The first kappa shape index (κ1) is 27.7.